The largest absolute Gasteiger partial charge is 0.382 e. The normalized spacial score (nSPS) is 20.5. The fraction of sp³-hybridized carbons (Fsp3) is 0.400. The Morgan fingerprint density at radius 2 is 2.04 bits per heavy atom. The van der Waals surface area contributed by atoms with Gasteiger partial charge in [0.15, 0.2) is 0 Å². The third kappa shape index (κ3) is 3.35. The number of carbonyl (C=O) groups excluding carboxylic acids is 3. The first-order valence-corrected chi connectivity index (χ1v) is 9.41. The van der Waals surface area contributed by atoms with Crippen LogP contribution in [-0.4, -0.2) is 43.3 Å². The molecule has 1 fully saturated rings. The first-order valence-electron chi connectivity index (χ1n) is 7.59. The van der Waals surface area contributed by atoms with Crippen LogP contribution in [-0.2, 0) is 32.8 Å². The van der Waals surface area contributed by atoms with Gasteiger partial charge in [-0.25, -0.2) is 0 Å². The number of fused-ring (bicyclic) bond motifs is 1. The van der Waals surface area contributed by atoms with E-state index in [-0.39, 0.29) is 43.2 Å². The van der Waals surface area contributed by atoms with Gasteiger partial charge in [0.05, 0.1) is 6.26 Å². The van der Waals surface area contributed by atoms with Crippen LogP contribution in [0.1, 0.15) is 34.3 Å². The molecule has 0 spiro atoms. The lowest BCUT2D eigenvalue weighted by Gasteiger charge is -2.29. The zero-order valence-corrected chi connectivity index (χ0v) is 14.3. The maximum absolute atomic E-state index is 12.7. The Hall–Kier alpha value is -2.46. The molecule has 2 aliphatic rings. The van der Waals surface area contributed by atoms with E-state index in [0.717, 1.165) is 6.26 Å². The van der Waals surface area contributed by atoms with Crippen molar-refractivity contribution < 1.29 is 27.0 Å². The van der Waals surface area contributed by atoms with Gasteiger partial charge in [0.2, 0.25) is 11.8 Å². The van der Waals surface area contributed by atoms with Gasteiger partial charge < -0.3 is 14.8 Å². The summed E-state index contributed by atoms with van der Waals surface area (Å²) in [5.74, 6) is -1.28. The van der Waals surface area contributed by atoms with Crippen molar-refractivity contribution in [3.63, 3.8) is 0 Å². The molecule has 10 heteroatoms. The Morgan fingerprint density at radius 3 is 2.64 bits per heavy atom. The van der Waals surface area contributed by atoms with Crippen LogP contribution in [0.3, 0.4) is 0 Å². The maximum atomic E-state index is 12.7. The molecule has 0 aromatic heterocycles. The number of nitrogens with one attached hydrogen (secondary N) is 1. The van der Waals surface area contributed by atoms with Crippen LogP contribution in [0.2, 0.25) is 0 Å². The van der Waals surface area contributed by atoms with E-state index in [9.17, 15) is 22.8 Å². The molecule has 134 valence electrons. The quantitative estimate of drug-likeness (QED) is 0.527. The van der Waals surface area contributed by atoms with E-state index in [1.807, 2.05) is 0 Å². The monoisotopic (exact) mass is 367 g/mol. The molecule has 2 aliphatic heterocycles. The molecule has 2 heterocycles. The van der Waals surface area contributed by atoms with Crippen molar-refractivity contribution in [2.24, 2.45) is 5.73 Å². The highest BCUT2D eigenvalue weighted by Crippen LogP contribution is 2.33. The van der Waals surface area contributed by atoms with Crippen molar-refractivity contribution in [2.75, 3.05) is 6.26 Å². The lowest BCUT2D eigenvalue weighted by Crippen LogP contribution is -2.52. The summed E-state index contributed by atoms with van der Waals surface area (Å²) in [6.07, 6.45) is 1.31. The number of amides is 3. The number of carbonyl (C=O) groups is 3. The predicted molar refractivity (Wildman–Crippen MR) is 85.9 cm³/mol. The average Bonchev–Trinajstić information content (AvgIpc) is 2.81. The highest BCUT2D eigenvalue weighted by atomic mass is 32.2. The van der Waals surface area contributed by atoms with E-state index in [0.29, 0.717) is 11.1 Å². The zero-order valence-electron chi connectivity index (χ0n) is 13.4. The molecule has 25 heavy (non-hydrogen) atoms. The Balaban J connectivity index is 1.93. The zero-order chi connectivity index (χ0) is 18.4. The molecule has 9 nitrogen and oxygen atoms in total. The van der Waals surface area contributed by atoms with Gasteiger partial charge in [0, 0.05) is 30.6 Å². The Kier molecular flexibility index (Phi) is 4.25. The van der Waals surface area contributed by atoms with Crippen LogP contribution in [0.25, 0.3) is 0 Å². The molecule has 3 N–H and O–H groups in total. The second kappa shape index (κ2) is 6.12. The molecule has 0 saturated carbocycles. The molecular weight excluding hydrogens is 350 g/mol. The van der Waals surface area contributed by atoms with Gasteiger partial charge in [-0.2, -0.15) is 8.42 Å². The van der Waals surface area contributed by atoms with E-state index < -0.39 is 28.0 Å². The highest BCUT2D eigenvalue weighted by Gasteiger charge is 2.39. The van der Waals surface area contributed by atoms with Crippen LogP contribution in [0.4, 0.5) is 0 Å². The minimum Gasteiger partial charge on any atom is -0.382 e. The van der Waals surface area contributed by atoms with Gasteiger partial charge in [0.1, 0.15) is 11.8 Å². The third-order valence-corrected chi connectivity index (χ3v) is 4.65. The van der Waals surface area contributed by atoms with Crippen molar-refractivity contribution >= 4 is 27.8 Å². The van der Waals surface area contributed by atoms with E-state index >= 15 is 0 Å². The molecule has 3 rings (SSSR count). The Labute approximate surface area is 144 Å². The second-order valence-corrected chi connectivity index (χ2v) is 7.58. The maximum Gasteiger partial charge on any atom is 0.306 e. The number of hydrogen-bond donors (Lipinski definition) is 2. The van der Waals surface area contributed by atoms with Gasteiger partial charge in [-0.1, -0.05) is 0 Å². The number of benzene rings is 1. The molecule has 0 radical (unpaired) electrons. The first-order chi connectivity index (χ1) is 11.7. The van der Waals surface area contributed by atoms with E-state index in [1.165, 1.54) is 11.0 Å². The van der Waals surface area contributed by atoms with Gasteiger partial charge in [0.25, 0.3) is 5.91 Å². The standard InChI is InChI=1S/C15H17N3O6S/c1-25(22,23)24-12-5-10-9(4-8(12)6-16)7-18(15(10)21)11-2-3-13(19)17-14(11)20/h4-5,11H,2-3,6-7,16H2,1H3,(H,17,19,20). The molecule has 0 bridgehead atoms. The summed E-state index contributed by atoms with van der Waals surface area (Å²) in [5.41, 5.74) is 6.98. The van der Waals surface area contributed by atoms with Crippen molar-refractivity contribution in [1.29, 1.82) is 0 Å². The summed E-state index contributed by atoms with van der Waals surface area (Å²) in [5, 5.41) is 2.22. The number of imide groups is 1. The molecule has 1 aromatic rings. The summed E-state index contributed by atoms with van der Waals surface area (Å²) >= 11 is 0. The van der Waals surface area contributed by atoms with Crippen LogP contribution < -0.4 is 15.2 Å². The van der Waals surface area contributed by atoms with Crippen LogP contribution in [0.5, 0.6) is 5.75 Å². The number of nitrogens with two attached hydrogens (primary N) is 1. The second-order valence-electron chi connectivity index (χ2n) is 6.01. The highest BCUT2D eigenvalue weighted by molar-refractivity contribution is 7.86. The van der Waals surface area contributed by atoms with Gasteiger partial charge >= 0.3 is 10.1 Å². The van der Waals surface area contributed by atoms with Crippen LogP contribution in [0.15, 0.2) is 12.1 Å². The molecule has 1 saturated heterocycles. The van der Waals surface area contributed by atoms with E-state index in [4.69, 9.17) is 9.92 Å². The minimum atomic E-state index is -3.78. The van der Waals surface area contributed by atoms with Crippen LogP contribution in [0, 0.1) is 0 Å². The lowest BCUT2D eigenvalue weighted by atomic mass is 10.0. The number of nitrogens with zero attached hydrogens (tertiary/aromatic N) is 1. The van der Waals surface area contributed by atoms with E-state index in [1.54, 1.807) is 6.07 Å². The average molecular weight is 367 g/mol. The van der Waals surface area contributed by atoms with Crippen LogP contribution >= 0.6 is 0 Å². The third-order valence-electron chi connectivity index (χ3n) is 4.17. The molecule has 1 aromatic carbocycles. The molecule has 1 unspecified atom stereocenters. The fourth-order valence-electron chi connectivity index (χ4n) is 3.05. The smallest absolute Gasteiger partial charge is 0.306 e. The number of piperidine rings is 1. The summed E-state index contributed by atoms with van der Waals surface area (Å²) in [7, 11) is -3.78. The van der Waals surface area contributed by atoms with Gasteiger partial charge in [-0.3, -0.25) is 19.7 Å². The predicted octanol–water partition coefficient (Wildman–Crippen LogP) is -0.755. The molecule has 3 amide bonds. The van der Waals surface area contributed by atoms with Gasteiger partial charge in [-0.05, 0) is 24.1 Å². The minimum absolute atomic E-state index is 0.00206. The topological polar surface area (TPSA) is 136 Å². The van der Waals surface area contributed by atoms with E-state index in [2.05, 4.69) is 5.32 Å². The molecular formula is C15H17N3O6S. The van der Waals surface area contributed by atoms with Crippen molar-refractivity contribution in [3.8, 4) is 5.75 Å². The summed E-state index contributed by atoms with van der Waals surface area (Å²) in [6, 6.07) is 2.21. The first kappa shape index (κ1) is 17.4. The summed E-state index contributed by atoms with van der Waals surface area (Å²) in [6.45, 7) is 0.220. The summed E-state index contributed by atoms with van der Waals surface area (Å²) in [4.78, 5) is 37.3. The van der Waals surface area contributed by atoms with Crippen molar-refractivity contribution in [2.45, 2.75) is 32.0 Å². The Morgan fingerprint density at radius 1 is 1.32 bits per heavy atom. The fourth-order valence-corrected chi connectivity index (χ4v) is 3.53. The molecule has 1 atom stereocenters. The lowest BCUT2D eigenvalue weighted by molar-refractivity contribution is -0.136. The number of hydrogen-bond acceptors (Lipinski definition) is 7. The van der Waals surface area contributed by atoms with Crippen molar-refractivity contribution in [3.05, 3.63) is 28.8 Å². The Bertz CT molecular complexity index is 879. The van der Waals surface area contributed by atoms with Gasteiger partial charge in [-0.15, -0.1) is 0 Å². The number of rotatable bonds is 4. The summed E-state index contributed by atoms with van der Waals surface area (Å²) < 4.78 is 27.7. The molecule has 0 aliphatic carbocycles. The van der Waals surface area contributed by atoms with Crippen molar-refractivity contribution in [1.82, 2.24) is 10.2 Å². The SMILES string of the molecule is CS(=O)(=O)Oc1cc2c(cc1CN)CN(C1CCC(=O)NC1=O)C2=O.